The Hall–Kier alpha value is -2.05. The van der Waals surface area contributed by atoms with Crippen molar-refractivity contribution in [2.24, 2.45) is 0 Å². The summed E-state index contributed by atoms with van der Waals surface area (Å²) in [5.74, 6) is -0.157. The second-order valence-electron chi connectivity index (χ2n) is 5.30. The van der Waals surface area contributed by atoms with Crippen LogP contribution in [0.2, 0.25) is 5.02 Å². The number of benzene rings is 1. The van der Waals surface area contributed by atoms with Crippen molar-refractivity contribution in [1.29, 1.82) is 0 Å². The fourth-order valence-corrected chi connectivity index (χ4v) is 2.96. The second-order valence-corrected chi connectivity index (χ2v) is 5.74. The summed E-state index contributed by atoms with van der Waals surface area (Å²) in [6, 6.07) is 6.31. The number of β-amino-alcohol motifs (C(OH)–C–C–N with tert-alkyl or cyclic N) is 1. The lowest BCUT2D eigenvalue weighted by Gasteiger charge is -2.31. The lowest BCUT2D eigenvalue weighted by Crippen LogP contribution is -2.45. The van der Waals surface area contributed by atoms with E-state index in [1.807, 2.05) is 0 Å². The van der Waals surface area contributed by atoms with Gasteiger partial charge in [-0.2, -0.15) is 0 Å². The van der Waals surface area contributed by atoms with Gasteiger partial charge in [0.15, 0.2) is 0 Å². The first-order chi connectivity index (χ1) is 10.5. The molecule has 0 saturated carbocycles. The van der Waals surface area contributed by atoms with Gasteiger partial charge >= 0.3 is 6.03 Å². The van der Waals surface area contributed by atoms with Crippen LogP contribution in [0.15, 0.2) is 35.5 Å². The van der Waals surface area contributed by atoms with Crippen molar-refractivity contribution in [3.8, 4) is 0 Å². The third-order valence-electron chi connectivity index (χ3n) is 4.01. The summed E-state index contributed by atoms with van der Waals surface area (Å²) in [7, 11) is 1.64. The predicted molar refractivity (Wildman–Crippen MR) is 81.2 cm³/mol. The Morgan fingerprint density at radius 3 is 2.64 bits per heavy atom. The Kier molecular flexibility index (Phi) is 3.80. The van der Waals surface area contributed by atoms with Crippen LogP contribution >= 0.6 is 11.6 Å². The highest BCUT2D eigenvalue weighted by Gasteiger charge is 2.42. The summed E-state index contributed by atoms with van der Waals surface area (Å²) in [5, 5.41) is 12.5. The van der Waals surface area contributed by atoms with Crippen LogP contribution in [-0.4, -0.2) is 53.6 Å². The van der Waals surface area contributed by atoms with E-state index >= 15 is 0 Å². The van der Waals surface area contributed by atoms with E-state index in [4.69, 9.17) is 16.7 Å². The molecular formula is C15H16ClN3O3. The zero-order chi connectivity index (χ0) is 15.9. The normalized spacial score (nSPS) is 21.3. The molecule has 3 amide bonds. The van der Waals surface area contributed by atoms with Crippen molar-refractivity contribution in [3.63, 3.8) is 0 Å². The zero-order valence-electron chi connectivity index (χ0n) is 12.0. The topological polar surface area (TPSA) is 72.9 Å². The Balaban J connectivity index is 2.02. The van der Waals surface area contributed by atoms with Gasteiger partial charge in [0, 0.05) is 18.6 Å². The standard InChI is InChI=1S/C15H16ClN3O3/c1-18-11-8-19(6-7-20)14(21)12(11)13(17-15(18)22)9-2-4-10(16)5-3-9/h2-5,13,20H,6-8H2,1H3,(H,17,22)/t13-/m1/s1. The highest BCUT2D eigenvalue weighted by atomic mass is 35.5. The minimum absolute atomic E-state index is 0.108. The summed E-state index contributed by atoms with van der Waals surface area (Å²) in [4.78, 5) is 27.7. The number of halogens is 1. The molecule has 0 saturated heterocycles. The number of urea groups is 1. The molecule has 1 aromatic carbocycles. The molecular weight excluding hydrogens is 306 g/mol. The van der Waals surface area contributed by atoms with Crippen molar-refractivity contribution < 1.29 is 14.7 Å². The second kappa shape index (κ2) is 5.62. The number of carbonyl (C=O) groups is 2. The number of hydrogen-bond donors (Lipinski definition) is 2. The van der Waals surface area contributed by atoms with Gasteiger partial charge in [0.1, 0.15) is 0 Å². The number of nitrogens with zero attached hydrogens (tertiary/aromatic N) is 2. The largest absolute Gasteiger partial charge is 0.395 e. The van der Waals surface area contributed by atoms with Crippen LogP contribution in [0, 0.1) is 0 Å². The molecule has 3 rings (SSSR count). The van der Waals surface area contributed by atoms with Gasteiger partial charge in [-0.1, -0.05) is 23.7 Å². The number of aliphatic hydroxyl groups excluding tert-OH is 1. The van der Waals surface area contributed by atoms with E-state index in [1.165, 1.54) is 4.90 Å². The summed E-state index contributed by atoms with van der Waals surface area (Å²) >= 11 is 5.90. The molecule has 1 atom stereocenters. The number of amides is 3. The van der Waals surface area contributed by atoms with Crippen LogP contribution in [0.5, 0.6) is 0 Å². The van der Waals surface area contributed by atoms with Gasteiger partial charge in [0.25, 0.3) is 5.91 Å². The van der Waals surface area contributed by atoms with Crippen LogP contribution in [0.3, 0.4) is 0 Å². The Bertz CT molecular complexity index is 657. The van der Waals surface area contributed by atoms with Gasteiger partial charge in [-0.05, 0) is 17.7 Å². The molecule has 7 heteroatoms. The lowest BCUT2D eigenvalue weighted by atomic mass is 9.96. The van der Waals surface area contributed by atoms with Crippen molar-refractivity contribution in [1.82, 2.24) is 15.1 Å². The smallest absolute Gasteiger partial charge is 0.322 e. The van der Waals surface area contributed by atoms with Crippen LogP contribution in [0.25, 0.3) is 0 Å². The molecule has 0 unspecified atom stereocenters. The predicted octanol–water partition coefficient (Wildman–Crippen LogP) is 1.12. The zero-order valence-corrected chi connectivity index (χ0v) is 12.8. The fourth-order valence-electron chi connectivity index (χ4n) is 2.83. The van der Waals surface area contributed by atoms with E-state index in [0.29, 0.717) is 22.8 Å². The average Bonchev–Trinajstić information content (AvgIpc) is 2.82. The van der Waals surface area contributed by atoms with E-state index in [2.05, 4.69) is 5.32 Å². The monoisotopic (exact) mass is 321 g/mol. The molecule has 0 fully saturated rings. The first-order valence-electron chi connectivity index (χ1n) is 6.95. The fraction of sp³-hybridized carbons (Fsp3) is 0.333. The van der Waals surface area contributed by atoms with E-state index in [-0.39, 0.29) is 25.1 Å². The minimum Gasteiger partial charge on any atom is -0.395 e. The maximum absolute atomic E-state index is 12.6. The molecule has 0 spiro atoms. The van der Waals surface area contributed by atoms with Crippen molar-refractivity contribution in [2.75, 3.05) is 26.7 Å². The minimum atomic E-state index is -0.493. The molecule has 1 aromatic rings. The van der Waals surface area contributed by atoms with Gasteiger partial charge in [0.05, 0.1) is 30.5 Å². The van der Waals surface area contributed by atoms with E-state index in [1.54, 1.807) is 36.2 Å². The SMILES string of the molecule is CN1C(=O)N[C@H](c2ccc(Cl)cc2)C2=C1CN(CCO)C2=O. The van der Waals surface area contributed by atoms with Crippen molar-refractivity contribution >= 4 is 23.5 Å². The Morgan fingerprint density at radius 1 is 1.32 bits per heavy atom. The summed E-state index contributed by atoms with van der Waals surface area (Å²) < 4.78 is 0. The number of likely N-dealkylation sites (N-methyl/N-ethyl adjacent to an activating group) is 1. The van der Waals surface area contributed by atoms with Crippen LogP contribution in [0.4, 0.5) is 4.79 Å². The van der Waals surface area contributed by atoms with Gasteiger partial charge < -0.3 is 15.3 Å². The van der Waals surface area contributed by atoms with Crippen LogP contribution in [0.1, 0.15) is 11.6 Å². The van der Waals surface area contributed by atoms with E-state index < -0.39 is 6.04 Å². The average molecular weight is 322 g/mol. The molecule has 6 nitrogen and oxygen atoms in total. The van der Waals surface area contributed by atoms with Gasteiger partial charge in [-0.15, -0.1) is 0 Å². The first kappa shape index (κ1) is 14.9. The number of aliphatic hydroxyl groups is 1. The lowest BCUT2D eigenvalue weighted by molar-refractivity contribution is -0.126. The van der Waals surface area contributed by atoms with Gasteiger partial charge in [-0.25, -0.2) is 4.79 Å². The summed E-state index contributed by atoms with van der Waals surface area (Å²) in [6.07, 6.45) is 0. The van der Waals surface area contributed by atoms with Crippen molar-refractivity contribution in [3.05, 3.63) is 46.1 Å². The summed E-state index contributed by atoms with van der Waals surface area (Å²) in [5.41, 5.74) is 2.04. The molecule has 2 aliphatic heterocycles. The molecule has 116 valence electrons. The Labute approximate surface area is 133 Å². The molecule has 0 aromatic heterocycles. The number of hydrogen-bond acceptors (Lipinski definition) is 3. The van der Waals surface area contributed by atoms with E-state index in [0.717, 1.165) is 5.56 Å². The molecule has 2 aliphatic rings. The van der Waals surface area contributed by atoms with Crippen molar-refractivity contribution in [2.45, 2.75) is 6.04 Å². The maximum Gasteiger partial charge on any atom is 0.322 e. The third-order valence-corrected chi connectivity index (χ3v) is 4.26. The molecule has 22 heavy (non-hydrogen) atoms. The molecule has 0 aliphatic carbocycles. The number of carbonyl (C=O) groups excluding carboxylic acids is 2. The molecule has 0 bridgehead atoms. The molecule has 2 heterocycles. The summed E-state index contributed by atoms with van der Waals surface area (Å²) in [6.45, 7) is 0.479. The molecule has 2 N–H and O–H groups in total. The quantitative estimate of drug-likeness (QED) is 0.876. The third kappa shape index (κ3) is 2.34. The highest BCUT2D eigenvalue weighted by Crippen LogP contribution is 2.35. The molecule has 0 radical (unpaired) electrons. The number of rotatable bonds is 3. The van der Waals surface area contributed by atoms with Gasteiger partial charge in [0.2, 0.25) is 0 Å². The van der Waals surface area contributed by atoms with Crippen LogP contribution in [-0.2, 0) is 4.79 Å². The number of nitrogens with one attached hydrogen (secondary N) is 1. The van der Waals surface area contributed by atoms with E-state index in [9.17, 15) is 9.59 Å². The Morgan fingerprint density at radius 2 is 2.00 bits per heavy atom. The first-order valence-corrected chi connectivity index (χ1v) is 7.33. The maximum atomic E-state index is 12.6. The van der Waals surface area contributed by atoms with Gasteiger partial charge in [-0.3, -0.25) is 9.69 Å². The van der Waals surface area contributed by atoms with Crippen LogP contribution < -0.4 is 5.32 Å². The highest BCUT2D eigenvalue weighted by molar-refractivity contribution is 6.30.